The fraction of sp³-hybridized carbons (Fsp3) is 0.353. The van der Waals surface area contributed by atoms with E-state index < -0.39 is 11.2 Å². The summed E-state index contributed by atoms with van der Waals surface area (Å²) in [6.45, 7) is 6.49. The van der Waals surface area contributed by atoms with E-state index in [-0.39, 0.29) is 18.9 Å². The third-order valence-electron chi connectivity index (χ3n) is 3.65. The minimum atomic E-state index is -0.512. The number of nitrogens with one attached hydrogen (secondary N) is 2. The van der Waals surface area contributed by atoms with Crippen LogP contribution in [0, 0.1) is 6.92 Å². The van der Waals surface area contributed by atoms with Crippen molar-refractivity contribution in [3.8, 4) is 0 Å². The van der Waals surface area contributed by atoms with Crippen LogP contribution in [-0.2, 0) is 11.3 Å². The second kappa shape index (κ2) is 7.09. The van der Waals surface area contributed by atoms with Crippen LogP contribution in [0.5, 0.6) is 0 Å². The maximum Gasteiger partial charge on any atom is 0.328 e. The van der Waals surface area contributed by atoms with Gasteiger partial charge in [0, 0.05) is 30.9 Å². The first kappa shape index (κ1) is 16.7. The van der Waals surface area contributed by atoms with Gasteiger partial charge in [-0.05, 0) is 36.1 Å². The van der Waals surface area contributed by atoms with E-state index in [1.165, 1.54) is 22.4 Å². The topological polar surface area (TPSA) is 84.0 Å². The lowest BCUT2D eigenvalue weighted by atomic mass is 9.98. The van der Waals surface area contributed by atoms with Crippen LogP contribution in [0.2, 0.25) is 0 Å². The van der Waals surface area contributed by atoms with E-state index in [9.17, 15) is 14.4 Å². The number of nitrogens with zero attached hydrogens (tertiary/aromatic N) is 1. The maximum atomic E-state index is 12.0. The molecule has 23 heavy (non-hydrogen) atoms. The Morgan fingerprint density at radius 1 is 1.26 bits per heavy atom. The van der Waals surface area contributed by atoms with Crippen LogP contribution >= 0.6 is 0 Å². The number of rotatable bonds is 5. The molecule has 0 aliphatic heterocycles. The molecule has 6 nitrogen and oxygen atoms in total. The Morgan fingerprint density at radius 3 is 2.61 bits per heavy atom. The lowest BCUT2D eigenvalue weighted by Gasteiger charge is -2.12. The van der Waals surface area contributed by atoms with Gasteiger partial charge in [-0.25, -0.2) is 4.79 Å². The van der Waals surface area contributed by atoms with E-state index in [4.69, 9.17) is 0 Å². The van der Waals surface area contributed by atoms with Gasteiger partial charge >= 0.3 is 5.69 Å². The standard InChI is InChI=1S/C17H21N3O3/c1-11(2)14-5-4-13(10-12(14)3)18-15(21)6-8-20-9-7-16(22)19-17(20)23/h4-5,7,9-11H,6,8H2,1-3H3,(H,18,21)(H,19,22,23). The van der Waals surface area contributed by atoms with Crippen LogP contribution in [0.25, 0.3) is 0 Å². The minimum absolute atomic E-state index is 0.150. The van der Waals surface area contributed by atoms with Crippen LogP contribution in [0.3, 0.4) is 0 Å². The number of amides is 1. The highest BCUT2D eigenvalue weighted by molar-refractivity contribution is 5.90. The van der Waals surface area contributed by atoms with Gasteiger partial charge in [0.15, 0.2) is 0 Å². The van der Waals surface area contributed by atoms with E-state index in [2.05, 4.69) is 24.1 Å². The highest BCUT2D eigenvalue weighted by Gasteiger charge is 2.07. The van der Waals surface area contributed by atoms with Crippen LogP contribution < -0.4 is 16.6 Å². The monoisotopic (exact) mass is 315 g/mol. The summed E-state index contributed by atoms with van der Waals surface area (Å²) in [5.74, 6) is 0.256. The number of aryl methyl sites for hydroxylation is 2. The summed E-state index contributed by atoms with van der Waals surface area (Å²) in [7, 11) is 0. The van der Waals surface area contributed by atoms with Crippen molar-refractivity contribution in [2.45, 2.75) is 39.7 Å². The Balaban J connectivity index is 1.98. The van der Waals surface area contributed by atoms with Gasteiger partial charge in [0.25, 0.3) is 5.56 Å². The fourth-order valence-corrected chi connectivity index (χ4v) is 2.47. The van der Waals surface area contributed by atoms with Gasteiger partial charge in [0.05, 0.1) is 0 Å². The van der Waals surface area contributed by atoms with E-state index in [0.717, 1.165) is 11.3 Å². The molecule has 2 rings (SSSR count). The molecule has 2 N–H and O–H groups in total. The summed E-state index contributed by atoms with van der Waals surface area (Å²) in [5, 5.41) is 2.82. The predicted molar refractivity (Wildman–Crippen MR) is 89.8 cm³/mol. The molecule has 1 heterocycles. The predicted octanol–water partition coefficient (Wildman–Crippen LogP) is 2.00. The summed E-state index contributed by atoms with van der Waals surface area (Å²) >= 11 is 0. The van der Waals surface area contributed by atoms with Crippen molar-refractivity contribution in [3.05, 3.63) is 62.4 Å². The number of benzene rings is 1. The Bertz CT molecular complexity index is 818. The molecule has 1 amide bonds. The molecular formula is C17H21N3O3. The zero-order valence-electron chi connectivity index (χ0n) is 13.6. The third-order valence-corrected chi connectivity index (χ3v) is 3.65. The smallest absolute Gasteiger partial charge is 0.326 e. The van der Waals surface area contributed by atoms with Crippen LogP contribution in [0.1, 0.15) is 37.3 Å². The van der Waals surface area contributed by atoms with E-state index >= 15 is 0 Å². The molecular weight excluding hydrogens is 294 g/mol. The number of hydrogen-bond acceptors (Lipinski definition) is 3. The number of hydrogen-bond donors (Lipinski definition) is 2. The molecule has 0 saturated heterocycles. The summed E-state index contributed by atoms with van der Waals surface area (Å²) in [5.41, 5.74) is 2.17. The van der Waals surface area contributed by atoms with Gasteiger partial charge in [-0.3, -0.25) is 14.6 Å². The van der Waals surface area contributed by atoms with Crippen molar-refractivity contribution in [3.63, 3.8) is 0 Å². The Hall–Kier alpha value is -2.63. The van der Waals surface area contributed by atoms with Crippen LogP contribution in [0.15, 0.2) is 40.1 Å². The van der Waals surface area contributed by atoms with Crippen LogP contribution in [0.4, 0.5) is 5.69 Å². The molecule has 0 fully saturated rings. The molecule has 6 heteroatoms. The quantitative estimate of drug-likeness (QED) is 0.885. The number of aromatic nitrogens is 2. The van der Waals surface area contributed by atoms with Crippen molar-refractivity contribution in [2.24, 2.45) is 0 Å². The highest BCUT2D eigenvalue weighted by Crippen LogP contribution is 2.22. The molecule has 0 spiro atoms. The molecule has 0 unspecified atom stereocenters. The Labute approximate surface area is 134 Å². The molecule has 0 saturated carbocycles. The number of aromatic amines is 1. The first-order chi connectivity index (χ1) is 10.9. The summed E-state index contributed by atoms with van der Waals surface area (Å²) in [4.78, 5) is 36.7. The number of H-pyrrole nitrogens is 1. The lowest BCUT2D eigenvalue weighted by molar-refractivity contribution is -0.116. The average Bonchev–Trinajstić information content (AvgIpc) is 2.46. The van der Waals surface area contributed by atoms with Gasteiger partial charge in [-0.2, -0.15) is 0 Å². The second-order valence-corrected chi connectivity index (χ2v) is 5.83. The van der Waals surface area contributed by atoms with E-state index in [1.807, 2.05) is 25.1 Å². The van der Waals surface area contributed by atoms with Crippen LogP contribution in [-0.4, -0.2) is 15.5 Å². The van der Waals surface area contributed by atoms with Crippen molar-refractivity contribution in [2.75, 3.05) is 5.32 Å². The second-order valence-electron chi connectivity index (χ2n) is 5.83. The van der Waals surface area contributed by atoms with Gasteiger partial charge in [0.1, 0.15) is 0 Å². The van der Waals surface area contributed by atoms with Crippen molar-refractivity contribution in [1.29, 1.82) is 0 Å². The molecule has 122 valence electrons. The minimum Gasteiger partial charge on any atom is -0.326 e. The van der Waals surface area contributed by atoms with Crippen molar-refractivity contribution < 1.29 is 4.79 Å². The SMILES string of the molecule is Cc1cc(NC(=O)CCn2ccc(=O)[nH]c2=O)ccc1C(C)C. The molecule has 0 radical (unpaired) electrons. The molecule has 1 aromatic heterocycles. The molecule has 0 aliphatic rings. The molecule has 0 bridgehead atoms. The first-order valence-electron chi connectivity index (χ1n) is 7.57. The van der Waals surface area contributed by atoms with Gasteiger partial charge in [0.2, 0.25) is 5.91 Å². The van der Waals surface area contributed by atoms with Gasteiger partial charge in [-0.15, -0.1) is 0 Å². The lowest BCUT2D eigenvalue weighted by Crippen LogP contribution is -2.29. The molecule has 0 atom stereocenters. The third kappa shape index (κ3) is 4.42. The molecule has 0 aliphatic carbocycles. The van der Waals surface area contributed by atoms with E-state index in [1.54, 1.807) is 0 Å². The zero-order valence-corrected chi connectivity index (χ0v) is 13.6. The normalized spacial score (nSPS) is 10.8. The van der Waals surface area contributed by atoms with Gasteiger partial charge in [-0.1, -0.05) is 19.9 Å². The van der Waals surface area contributed by atoms with Gasteiger partial charge < -0.3 is 9.88 Å². The van der Waals surface area contributed by atoms with E-state index in [0.29, 0.717) is 5.92 Å². The highest BCUT2D eigenvalue weighted by atomic mass is 16.2. The van der Waals surface area contributed by atoms with Crippen molar-refractivity contribution in [1.82, 2.24) is 9.55 Å². The summed E-state index contributed by atoms with van der Waals surface area (Å²) < 4.78 is 1.30. The van der Waals surface area contributed by atoms with Crippen molar-refractivity contribution >= 4 is 11.6 Å². The fourth-order valence-electron chi connectivity index (χ4n) is 2.47. The Morgan fingerprint density at radius 2 is 2.00 bits per heavy atom. The number of anilines is 1. The first-order valence-corrected chi connectivity index (χ1v) is 7.57. The summed E-state index contributed by atoms with van der Waals surface area (Å²) in [6, 6.07) is 7.10. The largest absolute Gasteiger partial charge is 0.328 e. The maximum absolute atomic E-state index is 12.0. The molecule has 2 aromatic rings. The number of carbonyl (C=O) groups is 1. The number of carbonyl (C=O) groups excluding carboxylic acids is 1. The zero-order chi connectivity index (χ0) is 17.0. The average molecular weight is 315 g/mol. The Kier molecular flexibility index (Phi) is 5.16. The summed E-state index contributed by atoms with van der Waals surface area (Å²) in [6.07, 6.45) is 1.53. The molecule has 1 aromatic carbocycles.